The van der Waals surface area contributed by atoms with Crippen LogP contribution in [0.5, 0.6) is 0 Å². The molecule has 0 aliphatic carbocycles. The molecule has 10 heteroatoms. The van der Waals surface area contributed by atoms with Gasteiger partial charge in [-0.1, -0.05) is 0 Å². The van der Waals surface area contributed by atoms with Gasteiger partial charge in [-0.15, -0.1) is 7.92 Å². The topological polar surface area (TPSA) is 107 Å². The zero-order chi connectivity index (χ0) is 17.3. The Morgan fingerprint density at radius 1 is 0.600 bits per heavy atom. The van der Waals surface area contributed by atoms with E-state index in [9.17, 15) is 0 Å². The van der Waals surface area contributed by atoms with Crippen LogP contribution in [0.4, 0.5) is 0 Å². The summed E-state index contributed by atoms with van der Waals surface area (Å²) >= 11 is 0. The zero-order valence-corrected chi connectivity index (χ0v) is 15.2. The fourth-order valence-electron chi connectivity index (χ4n) is 0.224. The van der Waals surface area contributed by atoms with Crippen molar-refractivity contribution in [1.29, 1.82) is 0 Å². The van der Waals surface area contributed by atoms with Gasteiger partial charge in [0.05, 0.1) is 0 Å². The van der Waals surface area contributed by atoms with Gasteiger partial charge in [-0.25, -0.2) is 0 Å². The Labute approximate surface area is 134 Å². The van der Waals surface area contributed by atoms with Gasteiger partial charge < -0.3 is 13.6 Å². The average Bonchev–Trinajstić information content (AvgIpc) is 2.49. The molecule has 0 saturated carbocycles. The second kappa shape index (κ2) is 75.0. The van der Waals surface area contributed by atoms with E-state index >= 15 is 0 Å². The van der Waals surface area contributed by atoms with E-state index in [4.69, 9.17) is 18.6 Å². The number of rotatable bonds is 3. The molecule has 7 nitrogen and oxygen atoms in total. The summed E-state index contributed by atoms with van der Waals surface area (Å²) in [6.45, 7) is 24.7. The van der Waals surface area contributed by atoms with Gasteiger partial charge in [0, 0.05) is 38.7 Å². The fourth-order valence-corrected chi connectivity index (χ4v) is 0.671. The van der Waals surface area contributed by atoms with Crippen LogP contribution in [0.3, 0.4) is 0 Å². The molecule has 0 atom stereocenters. The van der Waals surface area contributed by atoms with Crippen molar-refractivity contribution in [3.63, 3.8) is 0 Å². The van der Waals surface area contributed by atoms with Crippen LogP contribution in [0.1, 0.15) is 0 Å². The van der Waals surface area contributed by atoms with Gasteiger partial charge in [-0.3, -0.25) is 0 Å². The molecular weight excluding hydrogens is 346 g/mol. The first kappa shape index (κ1) is 42.7. The Bertz CT molecular complexity index is 159. The monoisotopic (exact) mass is 364 g/mol. The fraction of sp³-hybridized carbons (Fsp3) is 0.600. The maximum atomic E-state index is 7.50. The molecule has 0 radical (unpaired) electrons. The molecule has 0 aromatic carbocycles. The SMILES string of the molecule is COP(OC)OC.CP(C)C.[C-]#[O+].[C-]#[O+].[C-]#[O+].[C-]#[O+].[Cr]. The largest absolute Gasteiger partial charge is 0 e. The normalized spacial score (nSPS) is 5.80. The molecule has 0 unspecified atom stereocenters. The number of hydrogen-bond donors (Lipinski definition) is 0. The average molecular weight is 364 g/mol. The maximum Gasteiger partial charge on any atom is 0 e. The summed E-state index contributed by atoms with van der Waals surface area (Å²) in [7, 11) is 3.95. The van der Waals surface area contributed by atoms with Crippen LogP contribution in [0.15, 0.2) is 0 Å². The molecule has 0 bridgehead atoms. The molecule has 0 aromatic heterocycles. The minimum absolute atomic E-state index is 0. The van der Waals surface area contributed by atoms with Gasteiger partial charge in [0.1, 0.15) is 0 Å². The minimum Gasteiger partial charge on any atom is 0 e. The van der Waals surface area contributed by atoms with E-state index in [0.717, 1.165) is 0 Å². The van der Waals surface area contributed by atoms with Gasteiger partial charge in [0.15, 0.2) is 0 Å². The van der Waals surface area contributed by atoms with E-state index in [2.05, 4.69) is 60.2 Å². The van der Waals surface area contributed by atoms with Crippen LogP contribution >= 0.6 is 16.5 Å². The maximum absolute atomic E-state index is 7.50. The van der Waals surface area contributed by atoms with E-state index in [1.807, 2.05) is 0 Å². The van der Waals surface area contributed by atoms with Gasteiger partial charge in [0.25, 0.3) is 0 Å². The standard InChI is InChI=1S/C3H9O3P.C3H9P.4CO.Cr/c1-4-7(5-2)6-3;1-4(2)3;4*1-2;/h1-3H3;1-3H3;;;;;. The summed E-state index contributed by atoms with van der Waals surface area (Å²) in [5, 5.41) is 0. The molecule has 0 aliphatic rings. The molecule has 0 saturated heterocycles. The van der Waals surface area contributed by atoms with Crippen molar-refractivity contribution in [3.8, 4) is 0 Å². The molecule has 0 aliphatic heterocycles. The third-order valence-corrected chi connectivity index (χ3v) is 1.34. The van der Waals surface area contributed by atoms with Crippen LogP contribution in [0.25, 0.3) is 0 Å². The molecule has 20 heavy (non-hydrogen) atoms. The quantitative estimate of drug-likeness (QED) is 0.436. The summed E-state index contributed by atoms with van der Waals surface area (Å²) in [5.74, 6) is 0. The Kier molecular flexibility index (Phi) is 160. The van der Waals surface area contributed by atoms with Gasteiger partial charge >= 0.3 is 53.8 Å². The van der Waals surface area contributed by atoms with Gasteiger partial charge in [-0.05, 0) is 20.0 Å². The van der Waals surface area contributed by atoms with Crippen molar-refractivity contribution < 1.29 is 49.5 Å². The molecule has 0 rings (SSSR count). The van der Waals surface area contributed by atoms with Gasteiger partial charge in [0.2, 0.25) is 0 Å². The summed E-state index contributed by atoms with van der Waals surface area (Å²) < 4.78 is 44.0. The predicted octanol–water partition coefficient (Wildman–Crippen LogP) is 2.36. The van der Waals surface area contributed by atoms with E-state index < -0.39 is 8.60 Å². The van der Waals surface area contributed by atoms with Crippen molar-refractivity contribution in [2.45, 2.75) is 0 Å². The van der Waals surface area contributed by atoms with Crippen LogP contribution < -0.4 is 0 Å². The van der Waals surface area contributed by atoms with Crippen LogP contribution in [0, 0.1) is 26.6 Å². The molecule has 0 spiro atoms. The third kappa shape index (κ3) is 139. The van der Waals surface area contributed by atoms with Crippen molar-refractivity contribution in [2.24, 2.45) is 0 Å². The Balaban J connectivity index is -0.0000000227. The van der Waals surface area contributed by atoms with Crippen molar-refractivity contribution >= 4 is 16.5 Å². The van der Waals surface area contributed by atoms with E-state index in [-0.39, 0.29) is 17.4 Å². The van der Waals surface area contributed by atoms with Crippen molar-refractivity contribution in [1.82, 2.24) is 0 Å². The van der Waals surface area contributed by atoms with E-state index in [0.29, 0.717) is 7.92 Å². The summed E-state index contributed by atoms with van der Waals surface area (Å²) in [5.41, 5.74) is 0. The predicted molar refractivity (Wildman–Crippen MR) is 68.4 cm³/mol. The second-order valence-corrected chi connectivity index (χ2v) is 6.34. The molecule has 0 N–H and O–H groups in total. The van der Waals surface area contributed by atoms with Crippen molar-refractivity contribution in [3.05, 3.63) is 26.6 Å². The summed E-state index contributed by atoms with van der Waals surface area (Å²) in [6.07, 6.45) is 0. The minimum atomic E-state index is -1.05. The first-order chi connectivity index (χ1) is 9.08. The first-order valence-corrected chi connectivity index (χ1v) is 7.71. The van der Waals surface area contributed by atoms with Gasteiger partial charge in [-0.2, -0.15) is 0 Å². The van der Waals surface area contributed by atoms with Crippen molar-refractivity contribution in [2.75, 3.05) is 41.3 Å². The number of hydrogen-bond acceptors (Lipinski definition) is 3. The Hall–Kier alpha value is 0.232. The van der Waals surface area contributed by atoms with E-state index in [1.165, 1.54) is 0 Å². The molecule has 0 amide bonds. The van der Waals surface area contributed by atoms with E-state index in [1.54, 1.807) is 21.3 Å². The summed E-state index contributed by atoms with van der Waals surface area (Å²) in [4.78, 5) is 0. The smallest absolute Gasteiger partial charge is 0 e. The Morgan fingerprint density at radius 2 is 0.700 bits per heavy atom. The molecular formula is C10H18CrO7P2. The summed E-state index contributed by atoms with van der Waals surface area (Å²) in [6, 6.07) is 0. The molecule has 0 heterocycles. The first-order valence-electron chi connectivity index (χ1n) is 3.93. The Morgan fingerprint density at radius 3 is 0.700 bits per heavy atom. The zero-order valence-electron chi connectivity index (χ0n) is 12.2. The van der Waals surface area contributed by atoms with Crippen LogP contribution in [0.2, 0.25) is 0 Å². The van der Waals surface area contributed by atoms with Crippen LogP contribution in [-0.2, 0) is 49.5 Å². The molecule has 116 valence electrons. The molecule has 0 fully saturated rings. The van der Waals surface area contributed by atoms with Crippen LogP contribution in [-0.4, -0.2) is 41.3 Å². The third-order valence-electron chi connectivity index (χ3n) is 0.447. The second-order valence-electron chi connectivity index (χ2n) is 2.11. The molecule has 0 aromatic rings.